The van der Waals surface area contributed by atoms with E-state index >= 15 is 0 Å². The van der Waals surface area contributed by atoms with Gasteiger partial charge in [-0.25, -0.2) is 4.79 Å². The molecule has 1 atom stereocenters. The first-order valence-electron chi connectivity index (χ1n) is 8.16. The number of hydrogen-bond donors (Lipinski definition) is 1. The number of carbonyl (C=O) groups excluding carboxylic acids is 2. The Kier molecular flexibility index (Phi) is 6.76. The van der Waals surface area contributed by atoms with Gasteiger partial charge in [-0.15, -0.1) is 0 Å². The number of amides is 1. The Hall–Kier alpha value is -2.14. The fraction of sp³-hybridized carbons (Fsp3) is 0.300. The molecular weight excluding hydrogens is 382 g/mol. The topological polar surface area (TPSA) is 55.4 Å². The summed E-state index contributed by atoms with van der Waals surface area (Å²) in [4.78, 5) is 24.9. The highest BCUT2D eigenvalue weighted by Crippen LogP contribution is 2.31. The molecule has 0 bridgehead atoms. The summed E-state index contributed by atoms with van der Waals surface area (Å²) < 4.78 is 5.65. The highest BCUT2D eigenvalue weighted by Gasteiger charge is 2.25. The molecule has 0 aliphatic heterocycles. The number of carbonyl (C=O) groups is 2. The minimum Gasteiger partial charge on any atom is -0.467 e. The normalized spacial score (nSPS) is 11.9. The third kappa shape index (κ3) is 4.92. The Labute approximate surface area is 156 Å². The summed E-state index contributed by atoms with van der Waals surface area (Å²) in [6, 6.07) is 14.5. The van der Waals surface area contributed by atoms with Crippen LogP contribution in [0.5, 0.6) is 0 Å². The van der Waals surface area contributed by atoms with E-state index in [1.807, 2.05) is 50.2 Å². The van der Waals surface area contributed by atoms with Crippen molar-refractivity contribution in [3.05, 3.63) is 58.6 Å². The first-order chi connectivity index (χ1) is 11.9. The fourth-order valence-electron chi connectivity index (χ4n) is 2.68. The third-order valence-electron chi connectivity index (χ3n) is 3.82. The van der Waals surface area contributed by atoms with Gasteiger partial charge < -0.3 is 10.1 Å². The molecule has 0 radical (unpaired) electrons. The first kappa shape index (κ1) is 19.2. The highest BCUT2D eigenvalue weighted by molar-refractivity contribution is 9.10. The van der Waals surface area contributed by atoms with E-state index in [0.29, 0.717) is 12.0 Å². The number of nitrogens with one attached hydrogen (secondary N) is 1. The molecule has 0 aromatic heterocycles. The van der Waals surface area contributed by atoms with E-state index in [1.165, 1.54) is 7.11 Å². The summed E-state index contributed by atoms with van der Waals surface area (Å²) in [6.07, 6.45) is 0.521. The molecule has 5 heteroatoms. The van der Waals surface area contributed by atoms with Gasteiger partial charge in [0, 0.05) is 15.6 Å². The molecule has 2 aromatic carbocycles. The van der Waals surface area contributed by atoms with Gasteiger partial charge in [-0.2, -0.15) is 0 Å². The molecule has 0 spiro atoms. The van der Waals surface area contributed by atoms with Crippen molar-refractivity contribution in [2.45, 2.75) is 26.3 Å². The molecule has 0 aliphatic carbocycles. The summed E-state index contributed by atoms with van der Waals surface area (Å²) in [7, 11) is 1.33. The van der Waals surface area contributed by atoms with Gasteiger partial charge in [0.05, 0.1) is 7.11 Å². The van der Waals surface area contributed by atoms with Crippen molar-refractivity contribution in [2.24, 2.45) is 5.92 Å². The Bertz CT molecular complexity index is 744. The molecule has 25 heavy (non-hydrogen) atoms. The molecule has 0 saturated carbocycles. The molecule has 0 aliphatic rings. The minimum atomic E-state index is -0.667. The van der Waals surface area contributed by atoms with Crippen LogP contribution >= 0.6 is 15.9 Å². The quantitative estimate of drug-likeness (QED) is 0.725. The summed E-state index contributed by atoms with van der Waals surface area (Å²) in [5.74, 6) is -0.477. The summed E-state index contributed by atoms with van der Waals surface area (Å²) in [5.41, 5.74) is 2.24. The second kappa shape index (κ2) is 8.81. The van der Waals surface area contributed by atoms with Gasteiger partial charge in [0.1, 0.15) is 6.04 Å². The average molecular weight is 404 g/mol. The van der Waals surface area contributed by atoms with E-state index in [4.69, 9.17) is 4.74 Å². The Morgan fingerprint density at radius 1 is 1.08 bits per heavy atom. The third-order valence-corrected chi connectivity index (χ3v) is 4.48. The van der Waals surface area contributed by atoms with Crippen LogP contribution in [0.2, 0.25) is 0 Å². The van der Waals surface area contributed by atoms with E-state index in [2.05, 4.69) is 21.2 Å². The average Bonchev–Trinajstić information content (AvgIpc) is 2.60. The van der Waals surface area contributed by atoms with E-state index < -0.39 is 12.0 Å². The van der Waals surface area contributed by atoms with Crippen molar-refractivity contribution < 1.29 is 14.3 Å². The molecule has 1 amide bonds. The van der Waals surface area contributed by atoms with Crippen LogP contribution in [0.3, 0.4) is 0 Å². The second-order valence-corrected chi connectivity index (χ2v) is 7.06. The lowest BCUT2D eigenvalue weighted by Crippen LogP contribution is -2.42. The highest BCUT2D eigenvalue weighted by atomic mass is 79.9. The predicted molar refractivity (Wildman–Crippen MR) is 102 cm³/mol. The van der Waals surface area contributed by atoms with Crippen LogP contribution in [-0.2, 0) is 9.53 Å². The monoisotopic (exact) mass is 403 g/mol. The van der Waals surface area contributed by atoms with Crippen LogP contribution in [0.15, 0.2) is 53.0 Å². The Morgan fingerprint density at radius 3 is 2.36 bits per heavy atom. The number of hydrogen-bond acceptors (Lipinski definition) is 3. The number of methoxy groups -OCH3 is 1. The summed E-state index contributed by atoms with van der Waals surface area (Å²) >= 11 is 3.53. The predicted octanol–water partition coefficient (Wildman–Crippen LogP) is 4.43. The molecule has 0 heterocycles. The van der Waals surface area contributed by atoms with E-state index in [-0.39, 0.29) is 11.8 Å². The van der Waals surface area contributed by atoms with Gasteiger partial charge in [-0.05, 0) is 30.0 Å². The number of benzene rings is 2. The van der Waals surface area contributed by atoms with E-state index in [9.17, 15) is 9.59 Å². The van der Waals surface area contributed by atoms with Crippen molar-refractivity contribution in [3.8, 4) is 11.1 Å². The maximum absolute atomic E-state index is 12.9. The molecular formula is C20H22BrNO3. The largest absolute Gasteiger partial charge is 0.467 e. The number of ether oxygens (including phenoxy) is 1. The van der Waals surface area contributed by atoms with Gasteiger partial charge >= 0.3 is 5.97 Å². The SMILES string of the molecule is COC(=O)[C@H](CC(C)C)NC(=O)c1cccc(Br)c1-c1ccccc1. The van der Waals surface area contributed by atoms with Crippen LogP contribution in [0, 0.1) is 5.92 Å². The smallest absolute Gasteiger partial charge is 0.328 e. The molecule has 0 saturated heterocycles. The van der Waals surface area contributed by atoms with E-state index in [0.717, 1.165) is 15.6 Å². The Balaban J connectivity index is 2.36. The van der Waals surface area contributed by atoms with Crippen LogP contribution < -0.4 is 5.32 Å². The van der Waals surface area contributed by atoms with Crippen LogP contribution in [0.25, 0.3) is 11.1 Å². The lowest BCUT2D eigenvalue weighted by molar-refractivity contribution is -0.143. The summed E-state index contributed by atoms with van der Waals surface area (Å²) in [6.45, 7) is 3.99. The first-order valence-corrected chi connectivity index (χ1v) is 8.96. The maximum atomic E-state index is 12.9. The van der Waals surface area contributed by atoms with Crippen molar-refractivity contribution in [1.29, 1.82) is 0 Å². The molecule has 1 N–H and O–H groups in total. The molecule has 0 fully saturated rings. The van der Waals surface area contributed by atoms with Crippen molar-refractivity contribution in [2.75, 3.05) is 7.11 Å². The molecule has 132 valence electrons. The number of halogens is 1. The van der Waals surface area contributed by atoms with Crippen molar-refractivity contribution in [3.63, 3.8) is 0 Å². The zero-order valence-electron chi connectivity index (χ0n) is 14.6. The molecule has 2 rings (SSSR count). The minimum absolute atomic E-state index is 0.250. The maximum Gasteiger partial charge on any atom is 0.328 e. The van der Waals surface area contributed by atoms with E-state index in [1.54, 1.807) is 12.1 Å². The lowest BCUT2D eigenvalue weighted by atomic mass is 9.98. The fourth-order valence-corrected chi connectivity index (χ4v) is 3.27. The van der Waals surface area contributed by atoms with Crippen molar-refractivity contribution >= 4 is 27.8 Å². The van der Waals surface area contributed by atoms with Crippen LogP contribution in [0.4, 0.5) is 0 Å². The lowest BCUT2D eigenvalue weighted by Gasteiger charge is -2.19. The van der Waals surface area contributed by atoms with Crippen LogP contribution in [-0.4, -0.2) is 25.0 Å². The molecule has 4 nitrogen and oxygen atoms in total. The second-order valence-electron chi connectivity index (χ2n) is 6.21. The standard InChI is InChI=1S/C20H22BrNO3/c1-13(2)12-17(20(24)25-3)22-19(23)15-10-7-11-16(21)18(15)14-8-5-4-6-9-14/h4-11,13,17H,12H2,1-3H3,(H,22,23)/t17-/m0/s1. The number of rotatable bonds is 6. The van der Waals surface area contributed by atoms with Gasteiger partial charge in [-0.1, -0.05) is 66.2 Å². The Morgan fingerprint density at radius 2 is 1.76 bits per heavy atom. The van der Waals surface area contributed by atoms with Gasteiger partial charge in [0.15, 0.2) is 0 Å². The molecule has 0 unspecified atom stereocenters. The molecule has 2 aromatic rings. The summed E-state index contributed by atoms with van der Waals surface area (Å²) in [5, 5.41) is 2.82. The number of esters is 1. The van der Waals surface area contributed by atoms with Gasteiger partial charge in [-0.3, -0.25) is 4.79 Å². The van der Waals surface area contributed by atoms with Crippen molar-refractivity contribution in [1.82, 2.24) is 5.32 Å². The van der Waals surface area contributed by atoms with Gasteiger partial charge in [0.25, 0.3) is 5.91 Å². The van der Waals surface area contributed by atoms with Crippen LogP contribution in [0.1, 0.15) is 30.6 Å². The van der Waals surface area contributed by atoms with Gasteiger partial charge in [0.2, 0.25) is 0 Å². The zero-order valence-corrected chi connectivity index (χ0v) is 16.2. The zero-order chi connectivity index (χ0) is 18.4.